The predicted octanol–water partition coefficient (Wildman–Crippen LogP) is 1.19. The molecule has 0 aliphatic heterocycles. The van der Waals surface area contributed by atoms with Crippen LogP contribution in [-0.2, 0) is 9.53 Å². The number of amides is 1. The van der Waals surface area contributed by atoms with Crippen molar-refractivity contribution in [3.8, 4) is 0 Å². The van der Waals surface area contributed by atoms with Crippen LogP contribution >= 0.6 is 24.0 Å². The lowest BCUT2D eigenvalue weighted by atomic mass is 10.3. The van der Waals surface area contributed by atoms with Gasteiger partial charge in [0, 0.05) is 45.8 Å². The molecule has 0 atom stereocenters. The van der Waals surface area contributed by atoms with Gasteiger partial charge in [-0.1, -0.05) is 0 Å². The first-order chi connectivity index (χ1) is 9.15. The van der Waals surface area contributed by atoms with Gasteiger partial charge in [-0.05, 0) is 27.2 Å². The molecule has 0 fully saturated rings. The molecule has 3 N–H and O–H groups in total. The fourth-order valence-corrected chi connectivity index (χ4v) is 1.60. The Balaban J connectivity index is 0. The SMILES string of the molecule is CCOCCCN=C(N)NCCC(=O)N(CC)CC.I. The summed E-state index contributed by atoms with van der Waals surface area (Å²) in [6.45, 7) is 10.0. The Labute approximate surface area is 139 Å². The second-order valence-corrected chi connectivity index (χ2v) is 4.06. The van der Waals surface area contributed by atoms with Crippen molar-refractivity contribution in [2.24, 2.45) is 10.7 Å². The molecule has 0 heterocycles. The molecule has 0 aromatic heterocycles. The zero-order valence-electron chi connectivity index (χ0n) is 12.9. The van der Waals surface area contributed by atoms with Gasteiger partial charge < -0.3 is 20.7 Å². The first kappa shape index (κ1) is 21.7. The van der Waals surface area contributed by atoms with E-state index in [1.807, 2.05) is 20.8 Å². The van der Waals surface area contributed by atoms with E-state index in [2.05, 4.69) is 10.3 Å². The Morgan fingerprint density at radius 1 is 1.30 bits per heavy atom. The van der Waals surface area contributed by atoms with Gasteiger partial charge in [-0.3, -0.25) is 9.79 Å². The van der Waals surface area contributed by atoms with Crippen LogP contribution in [0.5, 0.6) is 0 Å². The van der Waals surface area contributed by atoms with Gasteiger partial charge >= 0.3 is 0 Å². The van der Waals surface area contributed by atoms with Crippen LogP contribution in [0.25, 0.3) is 0 Å². The third kappa shape index (κ3) is 11.3. The van der Waals surface area contributed by atoms with Crippen LogP contribution in [0.15, 0.2) is 4.99 Å². The maximum absolute atomic E-state index is 11.7. The highest BCUT2D eigenvalue weighted by atomic mass is 127. The van der Waals surface area contributed by atoms with Gasteiger partial charge in [-0.2, -0.15) is 0 Å². The first-order valence-electron chi connectivity index (χ1n) is 7.04. The van der Waals surface area contributed by atoms with Crippen LogP contribution in [0.1, 0.15) is 33.6 Å². The first-order valence-corrected chi connectivity index (χ1v) is 7.04. The number of hydrogen-bond acceptors (Lipinski definition) is 3. The number of nitrogens with one attached hydrogen (secondary N) is 1. The van der Waals surface area contributed by atoms with Crippen LogP contribution < -0.4 is 11.1 Å². The van der Waals surface area contributed by atoms with Crippen LogP contribution in [0, 0.1) is 0 Å². The number of carbonyl (C=O) groups excluding carboxylic acids is 1. The Bertz CT molecular complexity index is 271. The fraction of sp³-hybridized carbons (Fsp3) is 0.846. The van der Waals surface area contributed by atoms with Gasteiger partial charge in [0.25, 0.3) is 0 Å². The van der Waals surface area contributed by atoms with E-state index in [1.165, 1.54) is 0 Å². The third-order valence-corrected chi connectivity index (χ3v) is 2.69. The lowest BCUT2D eigenvalue weighted by molar-refractivity contribution is -0.130. The van der Waals surface area contributed by atoms with Crippen molar-refractivity contribution in [1.29, 1.82) is 0 Å². The molecule has 0 aromatic carbocycles. The average molecular weight is 400 g/mol. The minimum absolute atomic E-state index is 0. The van der Waals surface area contributed by atoms with E-state index < -0.39 is 0 Å². The number of hydrogen-bond donors (Lipinski definition) is 2. The molecule has 0 spiro atoms. The number of rotatable bonds is 10. The van der Waals surface area contributed by atoms with E-state index in [4.69, 9.17) is 10.5 Å². The van der Waals surface area contributed by atoms with Crippen molar-refractivity contribution < 1.29 is 9.53 Å². The molecule has 120 valence electrons. The molecule has 0 aliphatic carbocycles. The standard InChI is InChI=1S/C13H28N4O2.HI/c1-4-17(5-2)12(18)8-10-16-13(14)15-9-7-11-19-6-3;/h4-11H2,1-3H3,(H3,14,15,16);1H. The van der Waals surface area contributed by atoms with Gasteiger partial charge in [0.15, 0.2) is 5.96 Å². The smallest absolute Gasteiger partial charge is 0.224 e. The van der Waals surface area contributed by atoms with Crippen molar-refractivity contribution in [3.63, 3.8) is 0 Å². The fourth-order valence-electron chi connectivity index (χ4n) is 1.60. The maximum atomic E-state index is 11.7. The normalized spacial score (nSPS) is 10.8. The van der Waals surface area contributed by atoms with Crippen molar-refractivity contribution in [2.45, 2.75) is 33.6 Å². The highest BCUT2D eigenvalue weighted by molar-refractivity contribution is 14.0. The second-order valence-electron chi connectivity index (χ2n) is 4.06. The second kappa shape index (κ2) is 14.8. The van der Waals surface area contributed by atoms with Gasteiger partial charge in [0.05, 0.1) is 0 Å². The molecule has 20 heavy (non-hydrogen) atoms. The van der Waals surface area contributed by atoms with Crippen LogP contribution in [0.2, 0.25) is 0 Å². The average Bonchev–Trinajstić information content (AvgIpc) is 2.40. The zero-order valence-corrected chi connectivity index (χ0v) is 15.2. The monoisotopic (exact) mass is 400 g/mol. The number of aliphatic imine (C=N–C) groups is 1. The summed E-state index contributed by atoms with van der Waals surface area (Å²) < 4.78 is 5.20. The molecule has 0 radical (unpaired) electrons. The number of guanidine groups is 1. The number of carbonyl (C=O) groups is 1. The highest BCUT2D eigenvalue weighted by Gasteiger charge is 2.08. The molecule has 0 unspecified atom stereocenters. The molecule has 0 saturated heterocycles. The molecular weight excluding hydrogens is 371 g/mol. The lowest BCUT2D eigenvalue weighted by Crippen LogP contribution is -2.37. The third-order valence-electron chi connectivity index (χ3n) is 2.69. The van der Waals surface area contributed by atoms with E-state index in [9.17, 15) is 4.79 Å². The molecule has 7 heteroatoms. The van der Waals surface area contributed by atoms with Crippen molar-refractivity contribution >= 4 is 35.8 Å². The van der Waals surface area contributed by atoms with E-state index in [0.717, 1.165) is 26.1 Å². The molecule has 6 nitrogen and oxygen atoms in total. The lowest BCUT2D eigenvalue weighted by Gasteiger charge is -2.18. The van der Waals surface area contributed by atoms with Crippen molar-refractivity contribution in [3.05, 3.63) is 0 Å². The Morgan fingerprint density at radius 3 is 2.50 bits per heavy atom. The maximum Gasteiger partial charge on any atom is 0.224 e. The Hall–Kier alpha value is -0.570. The summed E-state index contributed by atoms with van der Waals surface area (Å²) in [4.78, 5) is 17.7. The minimum Gasteiger partial charge on any atom is -0.382 e. The summed E-state index contributed by atoms with van der Waals surface area (Å²) >= 11 is 0. The molecule has 1 amide bonds. The summed E-state index contributed by atoms with van der Waals surface area (Å²) in [6, 6.07) is 0. The summed E-state index contributed by atoms with van der Waals surface area (Å²) in [7, 11) is 0. The predicted molar refractivity (Wildman–Crippen MR) is 93.6 cm³/mol. The highest BCUT2D eigenvalue weighted by Crippen LogP contribution is 1.92. The summed E-state index contributed by atoms with van der Waals surface area (Å²) in [5, 5.41) is 2.95. The Kier molecular flexibility index (Phi) is 16.1. The van der Waals surface area contributed by atoms with E-state index in [1.54, 1.807) is 4.90 Å². The number of nitrogens with zero attached hydrogens (tertiary/aromatic N) is 2. The summed E-state index contributed by atoms with van der Waals surface area (Å²) in [5.41, 5.74) is 5.69. The van der Waals surface area contributed by atoms with Crippen LogP contribution in [0.3, 0.4) is 0 Å². The van der Waals surface area contributed by atoms with Gasteiger partial charge in [-0.25, -0.2) is 0 Å². The van der Waals surface area contributed by atoms with E-state index in [0.29, 0.717) is 32.1 Å². The van der Waals surface area contributed by atoms with Gasteiger partial charge in [0.1, 0.15) is 0 Å². The minimum atomic E-state index is 0. The van der Waals surface area contributed by atoms with Crippen LogP contribution in [0.4, 0.5) is 0 Å². The quantitative estimate of drug-likeness (QED) is 0.250. The van der Waals surface area contributed by atoms with Crippen molar-refractivity contribution in [2.75, 3.05) is 39.4 Å². The molecule has 0 bridgehead atoms. The molecule has 0 saturated carbocycles. The Morgan fingerprint density at radius 2 is 1.95 bits per heavy atom. The zero-order chi connectivity index (χ0) is 14.5. The molecule has 0 rings (SSSR count). The number of halogens is 1. The largest absolute Gasteiger partial charge is 0.382 e. The number of nitrogens with two attached hydrogens (primary N) is 1. The van der Waals surface area contributed by atoms with E-state index in [-0.39, 0.29) is 29.9 Å². The van der Waals surface area contributed by atoms with Crippen LogP contribution in [-0.4, -0.2) is 56.2 Å². The topological polar surface area (TPSA) is 80.0 Å². The number of ether oxygens (including phenoxy) is 1. The van der Waals surface area contributed by atoms with Gasteiger partial charge in [0.2, 0.25) is 5.91 Å². The van der Waals surface area contributed by atoms with Crippen molar-refractivity contribution in [1.82, 2.24) is 10.2 Å². The van der Waals surface area contributed by atoms with Gasteiger partial charge in [-0.15, -0.1) is 24.0 Å². The van der Waals surface area contributed by atoms with E-state index >= 15 is 0 Å². The molecular formula is C13H29IN4O2. The molecule has 0 aromatic rings. The summed E-state index contributed by atoms with van der Waals surface area (Å²) in [5.74, 6) is 0.533. The molecule has 0 aliphatic rings. The summed E-state index contributed by atoms with van der Waals surface area (Å²) in [6.07, 6.45) is 1.30.